The lowest BCUT2D eigenvalue weighted by Gasteiger charge is -2.06. The van der Waals surface area contributed by atoms with Crippen LogP contribution in [0, 0.1) is 0 Å². The van der Waals surface area contributed by atoms with Crippen LogP contribution in [0.3, 0.4) is 0 Å². The normalized spacial score (nSPS) is 14.4. The van der Waals surface area contributed by atoms with Gasteiger partial charge in [-0.1, -0.05) is 25.3 Å². The van der Waals surface area contributed by atoms with Gasteiger partial charge in [0.25, 0.3) is 0 Å². The van der Waals surface area contributed by atoms with Crippen LogP contribution < -0.4 is 21.2 Å². The van der Waals surface area contributed by atoms with Crippen molar-refractivity contribution in [2.24, 2.45) is 0 Å². The van der Waals surface area contributed by atoms with E-state index in [1.165, 1.54) is 5.57 Å². The number of aromatic nitrogens is 4. The Labute approximate surface area is 170 Å². The van der Waals surface area contributed by atoms with Crippen molar-refractivity contribution >= 4 is 23.6 Å². The highest BCUT2D eigenvalue weighted by molar-refractivity contribution is 5.68. The number of hydrogen-bond acceptors (Lipinski definition) is 6. The van der Waals surface area contributed by atoms with Crippen molar-refractivity contribution in [2.75, 3.05) is 18.9 Å². The Kier molecular flexibility index (Phi) is 6.55. The number of anilines is 1. The average molecular weight is 387 g/mol. The van der Waals surface area contributed by atoms with Crippen LogP contribution in [-0.4, -0.2) is 38.0 Å². The standard InChI is InChI=1S/C17H15N5.C5H10N2/c1-3-4-15-12-18-6-5-14(15)11-13(2)21-16-17-20-8-10-22(17)9-7-19-16;1-5-3-6-7(2)4-5/h3-12H,1-2H2,(H,19,21);4,6H,3H2,1-2H3/b14-11-,15-4-;. The maximum absolute atomic E-state index is 4.31. The van der Waals surface area contributed by atoms with Crippen molar-refractivity contribution in [1.29, 1.82) is 0 Å². The zero-order valence-electron chi connectivity index (χ0n) is 16.7. The first-order valence-corrected chi connectivity index (χ1v) is 9.18. The Morgan fingerprint density at radius 2 is 2.00 bits per heavy atom. The summed E-state index contributed by atoms with van der Waals surface area (Å²) in [6.45, 7) is 10.9. The van der Waals surface area contributed by atoms with E-state index in [-0.39, 0.29) is 0 Å². The summed E-state index contributed by atoms with van der Waals surface area (Å²) in [6, 6.07) is 1.92. The molecule has 0 amide bonds. The van der Waals surface area contributed by atoms with Crippen LogP contribution in [0.15, 0.2) is 80.0 Å². The molecule has 0 saturated heterocycles. The van der Waals surface area contributed by atoms with Gasteiger partial charge in [-0.15, -0.1) is 0 Å². The van der Waals surface area contributed by atoms with Gasteiger partial charge < -0.3 is 14.7 Å². The van der Waals surface area contributed by atoms with E-state index in [2.05, 4.69) is 52.0 Å². The molecule has 0 unspecified atom stereocenters. The molecular formula is C22H25N7. The summed E-state index contributed by atoms with van der Waals surface area (Å²) in [5, 5.41) is 7.13. The van der Waals surface area contributed by atoms with Gasteiger partial charge in [-0.2, -0.15) is 0 Å². The highest BCUT2D eigenvalue weighted by Gasteiger charge is 2.03. The number of fused-ring (bicyclic) bond motifs is 1. The first kappa shape index (κ1) is 20.0. The first-order valence-electron chi connectivity index (χ1n) is 9.18. The van der Waals surface area contributed by atoms with Crippen molar-refractivity contribution in [3.05, 3.63) is 90.4 Å². The molecule has 4 heterocycles. The maximum Gasteiger partial charge on any atom is 0.180 e. The monoisotopic (exact) mass is 387 g/mol. The maximum atomic E-state index is 4.31. The van der Waals surface area contributed by atoms with Gasteiger partial charge in [0.2, 0.25) is 0 Å². The second-order valence-corrected chi connectivity index (χ2v) is 6.56. The summed E-state index contributed by atoms with van der Waals surface area (Å²) in [6.07, 6.45) is 18.3. The molecule has 2 N–H and O–H groups in total. The van der Waals surface area contributed by atoms with E-state index in [1.807, 2.05) is 47.1 Å². The van der Waals surface area contributed by atoms with Crippen LogP contribution >= 0.6 is 0 Å². The molecule has 3 aromatic heterocycles. The minimum absolute atomic E-state index is 0.664. The SMILES string of the molecule is C=C/C=c1/cncc/c1=C/C(=C)Nc1nccn2ccnc12.CC1=CN(C)NC1. The molecule has 0 aliphatic carbocycles. The molecule has 7 heteroatoms. The van der Waals surface area contributed by atoms with E-state index in [9.17, 15) is 0 Å². The number of hydrazine groups is 1. The van der Waals surface area contributed by atoms with Gasteiger partial charge in [0, 0.05) is 67.9 Å². The molecular weight excluding hydrogens is 362 g/mol. The van der Waals surface area contributed by atoms with E-state index in [4.69, 9.17) is 0 Å². The number of pyridine rings is 1. The quantitative estimate of drug-likeness (QED) is 0.712. The number of nitrogens with one attached hydrogen (secondary N) is 2. The zero-order valence-corrected chi connectivity index (χ0v) is 16.7. The molecule has 0 saturated carbocycles. The third-order valence-corrected chi connectivity index (χ3v) is 4.13. The molecule has 0 aromatic carbocycles. The van der Waals surface area contributed by atoms with Crippen molar-refractivity contribution in [2.45, 2.75) is 6.92 Å². The van der Waals surface area contributed by atoms with Crippen molar-refractivity contribution < 1.29 is 0 Å². The summed E-state index contributed by atoms with van der Waals surface area (Å²) in [4.78, 5) is 12.7. The minimum atomic E-state index is 0.664. The van der Waals surface area contributed by atoms with E-state index in [0.29, 0.717) is 11.5 Å². The van der Waals surface area contributed by atoms with E-state index in [1.54, 1.807) is 30.9 Å². The largest absolute Gasteiger partial charge is 0.338 e. The lowest BCUT2D eigenvalue weighted by molar-refractivity contribution is 0.373. The van der Waals surface area contributed by atoms with E-state index < -0.39 is 0 Å². The molecule has 1 aliphatic rings. The topological polar surface area (TPSA) is 70.4 Å². The third kappa shape index (κ3) is 5.40. The molecule has 7 nitrogen and oxygen atoms in total. The average Bonchev–Trinajstić information content (AvgIpc) is 3.33. The van der Waals surface area contributed by atoms with Crippen molar-refractivity contribution in [3.63, 3.8) is 0 Å². The lowest BCUT2D eigenvalue weighted by atomic mass is 10.2. The molecule has 3 aromatic rings. The van der Waals surface area contributed by atoms with E-state index >= 15 is 0 Å². The van der Waals surface area contributed by atoms with Crippen LogP contribution in [0.4, 0.5) is 5.82 Å². The van der Waals surface area contributed by atoms with Gasteiger partial charge in [0.1, 0.15) is 0 Å². The second-order valence-electron chi connectivity index (χ2n) is 6.56. The van der Waals surface area contributed by atoms with E-state index in [0.717, 1.165) is 22.6 Å². The smallest absolute Gasteiger partial charge is 0.180 e. The summed E-state index contributed by atoms with van der Waals surface area (Å²) >= 11 is 0. The Morgan fingerprint density at radius 3 is 2.66 bits per heavy atom. The van der Waals surface area contributed by atoms with Gasteiger partial charge in [0.05, 0.1) is 0 Å². The van der Waals surface area contributed by atoms with Crippen molar-refractivity contribution in [1.82, 2.24) is 29.8 Å². The molecule has 0 radical (unpaired) electrons. The lowest BCUT2D eigenvalue weighted by Crippen LogP contribution is -2.25. The Balaban J connectivity index is 0.000000290. The molecule has 29 heavy (non-hydrogen) atoms. The minimum Gasteiger partial charge on any atom is -0.338 e. The number of rotatable bonds is 4. The van der Waals surface area contributed by atoms with Gasteiger partial charge in [-0.05, 0) is 29.9 Å². The Bertz CT molecular complexity index is 1160. The second kappa shape index (κ2) is 9.48. The van der Waals surface area contributed by atoms with Crippen LogP contribution in [0.2, 0.25) is 0 Å². The van der Waals surface area contributed by atoms with Gasteiger partial charge in [-0.3, -0.25) is 4.98 Å². The molecule has 148 valence electrons. The van der Waals surface area contributed by atoms with Gasteiger partial charge in [0.15, 0.2) is 11.5 Å². The molecule has 1 aliphatic heterocycles. The summed E-state index contributed by atoms with van der Waals surface area (Å²) in [5.41, 5.74) is 5.97. The molecule has 0 bridgehead atoms. The fraction of sp³-hybridized carbons (Fsp3) is 0.136. The van der Waals surface area contributed by atoms with Crippen LogP contribution in [0.1, 0.15) is 6.92 Å². The highest BCUT2D eigenvalue weighted by Crippen LogP contribution is 2.12. The number of imidazole rings is 1. The summed E-state index contributed by atoms with van der Waals surface area (Å²) in [5.74, 6) is 0.664. The van der Waals surface area contributed by atoms with Crippen LogP contribution in [0.5, 0.6) is 0 Å². The highest BCUT2D eigenvalue weighted by atomic mass is 15.5. The molecule has 4 rings (SSSR count). The molecule has 0 spiro atoms. The molecule has 0 fully saturated rings. The van der Waals surface area contributed by atoms with Crippen molar-refractivity contribution in [3.8, 4) is 0 Å². The van der Waals surface area contributed by atoms with Gasteiger partial charge in [-0.25, -0.2) is 15.4 Å². The third-order valence-electron chi connectivity index (χ3n) is 4.13. The fourth-order valence-electron chi connectivity index (χ4n) is 2.80. The van der Waals surface area contributed by atoms with Crippen LogP contribution in [0.25, 0.3) is 17.8 Å². The zero-order chi connectivity index (χ0) is 20.6. The Hall–Kier alpha value is -3.71. The van der Waals surface area contributed by atoms with Gasteiger partial charge >= 0.3 is 0 Å². The number of hydrogen-bond donors (Lipinski definition) is 2. The predicted molar refractivity (Wildman–Crippen MR) is 118 cm³/mol. The number of nitrogens with zero attached hydrogens (tertiary/aromatic N) is 5. The predicted octanol–water partition coefficient (Wildman–Crippen LogP) is 1.84. The summed E-state index contributed by atoms with van der Waals surface area (Å²) in [7, 11) is 2.00. The van der Waals surface area contributed by atoms with Crippen LogP contribution in [-0.2, 0) is 0 Å². The molecule has 0 atom stereocenters. The summed E-state index contributed by atoms with van der Waals surface area (Å²) < 4.78 is 1.89. The Morgan fingerprint density at radius 1 is 1.21 bits per heavy atom. The first-order chi connectivity index (χ1) is 14.1. The fourth-order valence-corrected chi connectivity index (χ4v) is 2.80. The number of allylic oxidation sites excluding steroid dienone is 2.